The van der Waals surface area contributed by atoms with Gasteiger partial charge in [-0.15, -0.1) is 0 Å². The van der Waals surface area contributed by atoms with Gasteiger partial charge in [-0.1, -0.05) is 0 Å². The summed E-state index contributed by atoms with van der Waals surface area (Å²) in [7, 11) is 0. The van der Waals surface area contributed by atoms with Crippen LogP contribution in [-0.2, 0) is 11.3 Å². The zero-order chi connectivity index (χ0) is 14.2. The third-order valence-electron chi connectivity index (χ3n) is 2.64. The summed E-state index contributed by atoms with van der Waals surface area (Å²) < 4.78 is 4.95. The largest absolute Gasteiger partial charge is 0.459 e. The van der Waals surface area contributed by atoms with Gasteiger partial charge in [0.2, 0.25) is 5.91 Å². The first-order valence-electron chi connectivity index (χ1n) is 6.31. The number of carbonyl (C=O) groups excluding carboxylic acids is 2. The molecule has 2 heterocycles. The first-order valence-corrected chi connectivity index (χ1v) is 6.31. The number of carbonyl (C=O) groups is 2. The average molecular weight is 276 g/mol. The molecule has 0 unspecified atom stereocenters. The van der Waals surface area contributed by atoms with Crippen LogP contribution in [0, 0.1) is 0 Å². The van der Waals surface area contributed by atoms with Crippen LogP contribution in [0.5, 0.6) is 0 Å². The van der Waals surface area contributed by atoms with Crippen molar-refractivity contribution in [2.24, 2.45) is 0 Å². The molecule has 0 fully saturated rings. The molecule has 2 rings (SSSR count). The van der Waals surface area contributed by atoms with Gasteiger partial charge in [-0.25, -0.2) is 4.98 Å². The van der Waals surface area contributed by atoms with Crippen molar-refractivity contribution in [1.82, 2.24) is 20.6 Å². The van der Waals surface area contributed by atoms with Crippen LogP contribution in [0.4, 0.5) is 0 Å². The number of aromatic amines is 1. The normalized spacial score (nSPS) is 10.2. The fourth-order valence-corrected chi connectivity index (χ4v) is 1.61. The van der Waals surface area contributed by atoms with Gasteiger partial charge in [0.15, 0.2) is 5.76 Å². The summed E-state index contributed by atoms with van der Waals surface area (Å²) in [4.78, 5) is 29.8. The SMILES string of the molecule is O=C(CCCNC(=O)c1ccco1)NCc1cnc[nH]1. The summed E-state index contributed by atoms with van der Waals surface area (Å²) in [6, 6.07) is 3.24. The molecule has 20 heavy (non-hydrogen) atoms. The molecule has 0 spiro atoms. The van der Waals surface area contributed by atoms with Gasteiger partial charge in [0.25, 0.3) is 5.91 Å². The van der Waals surface area contributed by atoms with E-state index in [1.54, 1.807) is 24.7 Å². The van der Waals surface area contributed by atoms with E-state index in [4.69, 9.17) is 4.42 Å². The predicted molar refractivity (Wildman–Crippen MR) is 70.7 cm³/mol. The van der Waals surface area contributed by atoms with Crippen LogP contribution in [0.15, 0.2) is 35.3 Å². The van der Waals surface area contributed by atoms with Crippen LogP contribution in [0.25, 0.3) is 0 Å². The number of nitrogens with zero attached hydrogens (tertiary/aromatic N) is 1. The Bertz CT molecular complexity index is 534. The lowest BCUT2D eigenvalue weighted by Crippen LogP contribution is -2.27. The molecule has 0 radical (unpaired) electrons. The van der Waals surface area contributed by atoms with Gasteiger partial charge in [0, 0.05) is 19.2 Å². The van der Waals surface area contributed by atoms with Gasteiger partial charge in [-0.05, 0) is 18.6 Å². The molecule has 7 heteroatoms. The molecular formula is C13H16N4O3. The number of nitrogens with one attached hydrogen (secondary N) is 3. The minimum Gasteiger partial charge on any atom is -0.459 e. The van der Waals surface area contributed by atoms with Crippen molar-refractivity contribution in [1.29, 1.82) is 0 Å². The Morgan fingerprint density at radius 3 is 2.95 bits per heavy atom. The van der Waals surface area contributed by atoms with Crippen LogP contribution >= 0.6 is 0 Å². The van der Waals surface area contributed by atoms with Crippen molar-refractivity contribution < 1.29 is 14.0 Å². The Morgan fingerprint density at radius 1 is 1.35 bits per heavy atom. The van der Waals surface area contributed by atoms with Crippen LogP contribution < -0.4 is 10.6 Å². The van der Waals surface area contributed by atoms with Crippen LogP contribution in [0.2, 0.25) is 0 Å². The zero-order valence-corrected chi connectivity index (χ0v) is 10.9. The van der Waals surface area contributed by atoms with Gasteiger partial charge >= 0.3 is 0 Å². The molecule has 2 aromatic rings. The van der Waals surface area contributed by atoms with Crippen LogP contribution in [0.1, 0.15) is 29.1 Å². The van der Waals surface area contributed by atoms with E-state index in [9.17, 15) is 9.59 Å². The summed E-state index contributed by atoms with van der Waals surface area (Å²) in [5.74, 6) is -0.0617. The lowest BCUT2D eigenvalue weighted by atomic mass is 10.3. The molecule has 0 saturated heterocycles. The van der Waals surface area contributed by atoms with Crippen molar-refractivity contribution in [2.45, 2.75) is 19.4 Å². The molecule has 0 aliphatic carbocycles. The highest BCUT2D eigenvalue weighted by Gasteiger charge is 2.07. The Hall–Kier alpha value is -2.57. The van der Waals surface area contributed by atoms with E-state index in [1.165, 1.54) is 6.26 Å². The Morgan fingerprint density at radius 2 is 2.25 bits per heavy atom. The van der Waals surface area contributed by atoms with E-state index < -0.39 is 0 Å². The summed E-state index contributed by atoms with van der Waals surface area (Å²) in [6.07, 6.45) is 5.58. The first-order chi connectivity index (χ1) is 9.75. The van der Waals surface area contributed by atoms with Crippen molar-refractivity contribution in [3.8, 4) is 0 Å². The summed E-state index contributed by atoms with van der Waals surface area (Å²) in [6.45, 7) is 0.856. The lowest BCUT2D eigenvalue weighted by Gasteiger charge is -2.04. The van der Waals surface area contributed by atoms with E-state index in [2.05, 4.69) is 20.6 Å². The van der Waals surface area contributed by atoms with Crippen molar-refractivity contribution >= 4 is 11.8 Å². The Labute approximate surface area is 115 Å². The van der Waals surface area contributed by atoms with E-state index in [0.29, 0.717) is 25.9 Å². The van der Waals surface area contributed by atoms with Gasteiger partial charge in [0.05, 0.1) is 24.8 Å². The van der Waals surface area contributed by atoms with Gasteiger partial charge < -0.3 is 20.0 Å². The summed E-state index contributed by atoms with van der Waals surface area (Å²) in [5.41, 5.74) is 0.851. The number of rotatable bonds is 7. The van der Waals surface area contributed by atoms with Gasteiger partial charge in [-0.3, -0.25) is 9.59 Å². The molecule has 106 valence electrons. The van der Waals surface area contributed by atoms with E-state index in [-0.39, 0.29) is 17.6 Å². The van der Waals surface area contributed by atoms with Crippen molar-refractivity contribution in [3.05, 3.63) is 42.4 Å². The molecule has 3 N–H and O–H groups in total. The van der Waals surface area contributed by atoms with Gasteiger partial charge in [0.1, 0.15) is 0 Å². The molecule has 0 aliphatic heterocycles. The van der Waals surface area contributed by atoms with Crippen LogP contribution in [0.3, 0.4) is 0 Å². The highest BCUT2D eigenvalue weighted by atomic mass is 16.3. The maximum Gasteiger partial charge on any atom is 0.286 e. The number of hydrogen-bond acceptors (Lipinski definition) is 4. The standard InChI is InChI=1S/C13H16N4O3/c18-12(16-8-10-7-14-9-17-10)4-1-5-15-13(19)11-3-2-6-20-11/h2-3,6-7,9H,1,4-5,8H2,(H,14,17)(H,15,19)(H,16,18). The second kappa shape index (κ2) is 7.13. The maximum absolute atomic E-state index is 11.5. The minimum atomic E-state index is -0.270. The monoisotopic (exact) mass is 276 g/mol. The second-order valence-electron chi connectivity index (χ2n) is 4.19. The third-order valence-corrected chi connectivity index (χ3v) is 2.64. The fourth-order valence-electron chi connectivity index (χ4n) is 1.61. The molecule has 0 aromatic carbocycles. The number of aromatic nitrogens is 2. The van der Waals surface area contributed by atoms with Crippen molar-refractivity contribution in [2.75, 3.05) is 6.54 Å². The molecule has 0 atom stereocenters. The smallest absolute Gasteiger partial charge is 0.286 e. The maximum atomic E-state index is 11.5. The first kappa shape index (κ1) is 13.9. The number of amides is 2. The third kappa shape index (κ3) is 4.27. The second-order valence-corrected chi connectivity index (χ2v) is 4.19. The van der Waals surface area contributed by atoms with Crippen LogP contribution in [-0.4, -0.2) is 28.3 Å². The molecule has 2 aromatic heterocycles. The van der Waals surface area contributed by atoms with Crippen molar-refractivity contribution in [3.63, 3.8) is 0 Å². The lowest BCUT2D eigenvalue weighted by molar-refractivity contribution is -0.121. The number of furan rings is 1. The summed E-state index contributed by atoms with van der Waals surface area (Å²) >= 11 is 0. The number of hydrogen-bond donors (Lipinski definition) is 3. The molecule has 0 bridgehead atoms. The molecule has 0 saturated carbocycles. The van der Waals surface area contributed by atoms with Gasteiger partial charge in [-0.2, -0.15) is 0 Å². The van der Waals surface area contributed by atoms with E-state index >= 15 is 0 Å². The highest BCUT2D eigenvalue weighted by molar-refractivity contribution is 5.91. The molecular weight excluding hydrogens is 260 g/mol. The van der Waals surface area contributed by atoms with E-state index in [1.807, 2.05) is 0 Å². The number of H-pyrrole nitrogens is 1. The summed E-state index contributed by atoms with van der Waals surface area (Å²) in [5, 5.41) is 5.44. The minimum absolute atomic E-state index is 0.0631. The fraction of sp³-hybridized carbons (Fsp3) is 0.308. The predicted octanol–water partition coefficient (Wildman–Crippen LogP) is 0.829. The Kier molecular flexibility index (Phi) is 4.94. The molecule has 7 nitrogen and oxygen atoms in total. The quantitative estimate of drug-likeness (QED) is 0.652. The average Bonchev–Trinajstić information content (AvgIpc) is 3.13. The number of imidazole rings is 1. The zero-order valence-electron chi connectivity index (χ0n) is 10.9. The molecule has 2 amide bonds. The highest BCUT2D eigenvalue weighted by Crippen LogP contribution is 1.99. The topological polar surface area (TPSA) is 100 Å². The molecule has 0 aliphatic rings. The van der Waals surface area contributed by atoms with E-state index in [0.717, 1.165) is 5.69 Å². The Balaban J connectivity index is 1.56.